The summed E-state index contributed by atoms with van der Waals surface area (Å²) in [5.74, 6) is 1.39. The number of para-hydroxylation sites is 1. The summed E-state index contributed by atoms with van der Waals surface area (Å²) in [4.78, 5) is 4.57. The standard InChI is InChI=1S/C27H24N2O2/c1-30-27-18-22(12-17-26(27)31-20-21-8-4-2-5-9-21)19-28-23-13-15-25(16-14-23)29-24-10-6-3-7-11-24/h2-19,29H,20H2,1H3. The summed E-state index contributed by atoms with van der Waals surface area (Å²) in [6, 6.07) is 33.9. The highest BCUT2D eigenvalue weighted by Gasteiger charge is 2.05. The highest BCUT2D eigenvalue weighted by atomic mass is 16.5. The monoisotopic (exact) mass is 408 g/mol. The zero-order valence-electron chi connectivity index (χ0n) is 17.4. The molecule has 4 aromatic carbocycles. The molecule has 4 nitrogen and oxygen atoms in total. The molecule has 0 fully saturated rings. The van der Waals surface area contributed by atoms with Crippen LogP contribution in [0.25, 0.3) is 0 Å². The number of rotatable bonds is 8. The highest BCUT2D eigenvalue weighted by molar-refractivity contribution is 5.83. The minimum atomic E-state index is 0.494. The van der Waals surface area contributed by atoms with Gasteiger partial charge in [-0.3, -0.25) is 4.99 Å². The molecule has 0 saturated carbocycles. The van der Waals surface area contributed by atoms with Crippen LogP contribution >= 0.6 is 0 Å². The van der Waals surface area contributed by atoms with Crippen LogP contribution in [0.3, 0.4) is 0 Å². The Balaban J connectivity index is 1.40. The van der Waals surface area contributed by atoms with E-state index in [0.29, 0.717) is 18.1 Å². The number of anilines is 2. The summed E-state index contributed by atoms with van der Waals surface area (Å²) in [5.41, 5.74) is 5.00. The molecule has 0 atom stereocenters. The van der Waals surface area contributed by atoms with Crippen LogP contribution in [0.5, 0.6) is 11.5 Å². The smallest absolute Gasteiger partial charge is 0.161 e. The quantitative estimate of drug-likeness (QED) is 0.327. The second-order valence-corrected chi connectivity index (χ2v) is 6.98. The van der Waals surface area contributed by atoms with Gasteiger partial charge >= 0.3 is 0 Å². The number of aliphatic imine (C=N–C) groups is 1. The Morgan fingerprint density at radius 2 is 1.42 bits per heavy atom. The van der Waals surface area contributed by atoms with E-state index in [0.717, 1.165) is 28.2 Å². The molecule has 0 aliphatic carbocycles. The van der Waals surface area contributed by atoms with Gasteiger partial charge in [-0.05, 0) is 65.7 Å². The lowest BCUT2D eigenvalue weighted by atomic mass is 10.2. The summed E-state index contributed by atoms with van der Waals surface area (Å²) >= 11 is 0. The lowest BCUT2D eigenvalue weighted by Gasteiger charge is -2.11. The van der Waals surface area contributed by atoms with Gasteiger partial charge in [-0.15, -0.1) is 0 Å². The van der Waals surface area contributed by atoms with Gasteiger partial charge in [-0.25, -0.2) is 0 Å². The number of benzene rings is 4. The fourth-order valence-corrected chi connectivity index (χ4v) is 3.09. The molecule has 0 heterocycles. The van der Waals surface area contributed by atoms with E-state index < -0.39 is 0 Å². The van der Waals surface area contributed by atoms with Crippen LogP contribution in [-0.2, 0) is 6.61 Å². The summed E-state index contributed by atoms with van der Waals surface area (Å²) in [7, 11) is 1.64. The maximum absolute atomic E-state index is 5.92. The van der Waals surface area contributed by atoms with Gasteiger partial charge < -0.3 is 14.8 Å². The number of ether oxygens (including phenoxy) is 2. The van der Waals surface area contributed by atoms with Crippen molar-refractivity contribution in [2.75, 3.05) is 12.4 Å². The molecular weight excluding hydrogens is 384 g/mol. The zero-order valence-corrected chi connectivity index (χ0v) is 17.4. The van der Waals surface area contributed by atoms with E-state index in [1.54, 1.807) is 7.11 Å². The van der Waals surface area contributed by atoms with Crippen LogP contribution in [0.2, 0.25) is 0 Å². The first-order chi connectivity index (χ1) is 15.3. The first-order valence-electron chi connectivity index (χ1n) is 10.1. The molecule has 0 radical (unpaired) electrons. The van der Waals surface area contributed by atoms with E-state index in [1.807, 2.05) is 109 Å². The third-order valence-electron chi connectivity index (χ3n) is 4.72. The Bertz CT molecular complexity index is 1130. The van der Waals surface area contributed by atoms with Gasteiger partial charge in [0.15, 0.2) is 11.5 Å². The maximum Gasteiger partial charge on any atom is 0.161 e. The Kier molecular flexibility index (Phi) is 6.61. The topological polar surface area (TPSA) is 42.8 Å². The molecule has 0 amide bonds. The second-order valence-electron chi connectivity index (χ2n) is 6.98. The molecule has 0 unspecified atom stereocenters. The molecule has 0 aliphatic rings. The summed E-state index contributed by atoms with van der Waals surface area (Å²) in [6.07, 6.45) is 1.82. The van der Waals surface area contributed by atoms with Gasteiger partial charge in [0.2, 0.25) is 0 Å². The lowest BCUT2D eigenvalue weighted by molar-refractivity contribution is 0.284. The van der Waals surface area contributed by atoms with Crippen molar-refractivity contribution in [1.29, 1.82) is 0 Å². The molecule has 31 heavy (non-hydrogen) atoms. The van der Waals surface area contributed by atoms with Crippen molar-refractivity contribution >= 4 is 23.3 Å². The second kappa shape index (κ2) is 10.1. The van der Waals surface area contributed by atoms with Gasteiger partial charge in [-0.2, -0.15) is 0 Å². The van der Waals surface area contributed by atoms with Crippen molar-refractivity contribution in [3.05, 3.63) is 114 Å². The first kappa shape index (κ1) is 20.2. The number of hydrogen-bond donors (Lipinski definition) is 1. The Labute approximate surface area is 182 Å². The summed E-state index contributed by atoms with van der Waals surface area (Å²) < 4.78 is 11.4. The van der Waals surface area contributed by atoms with E-state index in [9.17, 15) is 0 Å². The fourth-order valence-electron chi connectivity index (χ4n) is 3.09. The molecule has 0 aliphatic heterocycles. The molecule has 0 bridgehead atoms. The van der Waals surface area contributed by atoms with Crippen LogP contribution in [0.1, 0.15) is 11.1 Å². The lowest BCUT2D eigenvalue weighted by Crippen LogP contribution is -1.98. The molecule has 0 saturated heterocycles. The van der Waals surface area contributed by atoms with E-state index in [1.165, 1.54) is 0 Å². The van der Waals surface area contributed by atoms with Gasteiger partial charge in [-0.1, -0.05) is 48.5 Å². The average molecular weight is 409 g/mol. The predicted octanol–water partition coefficient (Wildman–Crippen LogP) is 6.77. The minimum absolute atomic E-state index is 0.494. The fraction of sp³-hybridized carbons (Fsp3) is 0.0741. The molecular formula is C27H24N2O2. The third kappa shape index (κ3) is 5.73. The van der Waals surface area contributed by atoms with Crippen molar-refractivity contribution in [3.8, 4) is 11.5 Å². The molecule has 1 N–H and O–H groups in total. The number of hydrogen-bond acceptors (Lipinski definition) is 4. The largest absolute Gasteiger partial charge is 0.493 e. The van der Waals surface area contributed by atoms with Crippen LogP contribution < -0.4 is 14.8 Å². The van der Waals surface area contributed by atoms with Crippen LogP contribution in [0.15, 0.2) is 108 Å². The van der Waals surface area contributed by atoms with Crippen LogP contribution in [0, 0.1) is 0 Å². The van der Waals surface area contributed by atoms with E-state index in [2.05, 4.69) is 10.3 Å². The van der Waals surface area contributed by atoms with Crippen molar-refractivity contribution in [2.45, 2.75) is 6.61 Å². The first-order valence-corrected chi connectivity index (χ1v) is 10.1. The highest BCUT2D eigenvalue weighted by Crippen LogP contribution is 2.29. The predicted molar refractivity (Wildman–Crippen MR) is 127 cm³/mol. The Hall–Kier alpha value is -4.05. The zero-order chi connectivity index (χ0) is 21.3. The average Bonchev–Trinajstić information content (AvgIpc) is 2.84. The van der Waals surface area contributed by atoms with Crippen molar-refractivity contribution in [3.63, 3.8) is 0 Å². The normalized spacial score (nSPS) is 10.7. The Morgan fingerprint density at radius 1 is 0.742 bits per heavy atom. The molecule has 4 heteroatoms. The van der Waals surface area contributed by atoms with Gasteiger partial charge in [0.25, 0.3) is 0 Å². The van der Waals surface area contributed by atoms with E-state index in [-0.39, 0.29) is 0 Å². The minimum Gasteiger partial charge on any atom is -0.493 e. The van der Waals surface area contributed by atoms with Crippen molar-refractivity contribution in [1.82, 2.24) is 0 Å². The molecule has 0 spiro atoms. The number of nitrogens with zero attached hydrogens (tertiary/aromatic N) is 1. The Morgan fingerprint density at radius 3 is 2.13 bits per heavy atom. The number of methoxy groups -OCH3 is 1. The SMILES string of the molecule is COc1cc(C=Nc2ccc(Nc3ccccc3)cc2)ccc1OCc1ccccc1. The van der Waals surface area contributed by atoms with Crippen molar-refractivity contribution < 1.29 is 9.47 Å². The van der Waals surface area contributed by atoms with Crippen molar-refractivity contribution in [2.24, 2.45) is 4.99 Å². The molecule has 0 aromatic heterocycles. The van der Waals surface area contributed by atoms with Gasteiger partial charge in [0.05, 0.1) is 12.8 Å². The van der Waals surface area contributed by atoms with E-state index >= 15 is 0 Å². The summed E-state index contributed by atoms with van der Waals surface area (Å²) in [5, 5.41) is 3.37. The van der Waals surface area contributed by atoms with Gasteiger partial charge in [0.1, 0.15) is 6.61 Å². The van der Waals surface area contributed by atoms with Crippen LogP contribution in [-0.4, -0.2) is 13.3 Å². The molecule has 154 valence electrons. The molecule has 4 aromatic rings. The van der Waals surface area contributed by atoms with Crippen LogP contribution in [0.4, 0.5) is 17.1 Å². The van der Waals surface area contributed by atoms with Gasteiger partial charge in [0, 0.05) is 17.6 Å². The number of nitrogens with one attached hydrogen (secondary N) is 1. The maximum atomic E-state index is 5.92. The molecule has 4 rings (SSSR count). The summed E-state index contributed by atoms with van der Waals surface area (Å²) in [6.45, 7) is 0.494. The third-order valence-corrected chi connectivity index (χ3v) is 4.72. The van der Waals surface area contributed by atoms with E-state index in [4.69, 9.17) is 9.47 Å².